The number of benzene rings is 5. The molecule has 1 nitrogen and oxygen atoms in total. The zero-order valence-corrected chi connectivity index (χ0v) is 24.7. The van der Waals surface area contributed by atoms with Crippen molar-refractivity contribution in [3.63, 3.8) is 0 Å². The maximum atomic E-state index is 3.96. The number of nitrogens with one attached hydrogen (secondary N) is 1. The van der Waals surface area contributed by atoms with Crippen molar-refractivity contribution in [2.45, 2.75) is 6.04 Å². The molecule has 5 aromatic carbocycles. The van der Waals surface area contributed by atoms with Crippen molar-refractivity contribution in [2.24, 2.45) is 0 Å². The Morgan fingerprint density at radius 1 is 0.684 bits per heavy atom. The Morgan fingerprint density at radius 2 is 1.42 bits per heavy atom. The summed E-state index contributed by atoms with van der Waals surface area (Å²) in [6.07, 6.45) is 4.60. The summed E-state index contributed by atoms with van der Waals surface area (Å²) in [4.78, 5) is -1.43. The topological polar surface area (TPSA) is 12.0 Å². The van der Waals surface area contributed by atoms with E-state index in [9.17, 15) is 0 Å². The average molecular weight is 622 g/mol. The Balaban J connectivity index is 1.46. The summed E-state index contributed by atoms with van der Waals surface area (Å²) in [6.45, 7) is 4.80. The van der Waals surface area contributed by atoms with Gasteiger partial charge in [0, 0.05) is 0 Å². The molecule has 3 heteroatoms. The number of rotatable bonds is 3. The van der Waals surface area contributed by atoms with Crippen LogP contribution in [0.2, 0.25) is 0 Å². The fourth-order valence-corrected chi connectivity index (χ4v) is 7.93. The number of halogens is 1. The first-order chi connectivity index (χ1) is 18.5. The Kier molecular flexibility index (Phi) is 5.80. The van der Waals surface area contributed by atoms with Crippen LogP contribution < -0.4 is 10.6 Å². The van der Waals surface area contributed by atoms with Gasteiger partial charge in [-0.3, -0.25) is 0 Å². The zero-order valence-electron chi connectivity index (χ0n) is 21.5. The molecule has 1 unspecified atom stereocenters. The van der Waals surface area contributed by atoms with Crippen LogP contribution in [-0.4, -0.2) is 13.3 Å². The minimum absolute atomic E-state index is 0.113. The summed E-state index contributed by atoms with van der Waals surface area (Å²) >= 11 is 2.67. The third-order valence-electron chi connectivity index (χ3n) is 7.87. The zero-order chi connectivity index (χ0) is 25.9. The molecule has 1 heterocycles. The van der Waals surface area contributed by atoms with Crippen molar-refractivity contribution in [1.82, 2.24) is 0 Å². The van der Waals surface area contributed by atoms with Gasteiger partial charge in [0.2, 0.25) is 0 Å². The molecular weight excluding hydrogens is 592 g/mol. The Labute approximate surface area is 238 Å². The van der Waals surface area contributed by atoms with Crippen LogP contribution in [0.3, 0.4) is 0 Å². The molecule has 186 valence electrons. The third kappa shape index (κ3) is 4.02. The van der Waals surface area contributed by atoms with Gasteiger partial charge in [-0.05, 0) is 0 Å². The fraction of sp³-hybridized carbons (Fsp3) is 0.0857. The van der Waals surface area contributed by atoms with Gasteiger partial charge in [0.15, 0.2) is 0 Å². The predicted octanol–water partition coefficient (Wildman–Crippen LogP) is 9.49. The third-order valence-corrected chi connectivity index (χ3v) is 11.4. The SMILES string of the molecule is C[PH](C)(I)c1cccc(-c2cccc(C3=C4C=Cc5ccccc5C4Nc4c3ccc3ccccc43)c2)c1. The van der Waals surface area contributed by atoms with Gasteiger partial charge in [0.1, 0.15) is 0 Å². The molecule has 0 fully saturated rings. The van der Waals surface area contributed by atoms with Gasteiger partial charge in [-0.2, -0.15) is 0 Å². The molecule has 5 aromatic rings. The van der Waals surface area contributed by atoms with Crippen molar-refractivity contribution in [3.05, 3.63) is 143 Å². The first kappa shape index (κ1) is 23.9. The van der Waals surface area contributed by atoms with Gasteiger partial charge in [-0.25, -0.2) is 0 Å². The molecule has 0 spiro atoms. The summed E-state index contributed by atoms with van der Waals surface area (Å²) in [5, 5.41) is 7.97. The van der Waals surface area contributed by atoms with E-state index in [-0.39, 0.29) is 6.04 Å². The van der Waals surface area contributed by atoms with Crippen LogP contribution in [0.5, 0.6) is 0 Å². The second-order valence-corrected chi connectivity index (χ2v) is 22.3. The average Bonchev–Trinajstić information content (AvgIpc) is 2.95. The quantitative estimate of drug-likeness (QED) is 0.156. The van der Waals surface area contributed by atoms with E-state index in [1.54, 1.807) is 0 Å². The molecule has 38 heavy (non-hydrogen) atoms. The molecule has 7 rings (SSSR count). The number of anilines is 1. The summed E-state index contributed by atoms with van der Waals surface area (Å²) in [7, 11) is 0. The van der Waals surface area contributed by atoms with Gasteiger partial charge in [0.05, 0.1) is 0 Å². The molecule has 1 aliphatic carbocycles. The Bertz CT molecular complexity index is 1790. The van der Waals surface area contributed by atoms with E-state index in [0.29, 0.717) is 0 Å². The van der Waals surface area contributed by atoms with Gasteiger partial charge in [-0.1, -0.05) is 12.1 Å². The summed E-state index contributed by atoms with van der Waals surface area (Å²) in [6, 6.07) is 40.4. The first-order valence-corrected chi connectivity index (χ1v) is 19.3. The normalized spacial score (nSPS) is 16.4. The first-order valence-electron chi connectivity index (χ1n) is 13.2. The van der Waals surface area contributed by atoms with Crippen molar-refractivity contribution >= 4 is 60.4 Å². The van der Waals surface area contributed by atoms with E-state index >= 15 is 0 Å². The fourth-order valence-electron chi connectivity index (χ4n) is 5.93. The molecule has 0 saturated carbocycles. The minimum atomic E-state index is -1.43. The summed E-state index contributed by atoms with van der Waals surface area (Å²) < 4.78 is 0. The monoisotopic (exact) mass is 621 g/mol. The van der Waals surface area contributed by atoms with Gasteiger partial charge >= 0.3 is 227 Å². The van der Waals surface area contributed by atoms with Gasteiger partial charge in [-0.15, -0.1) is 0 Å². The molecular formula is C35H29INP. The molecule has 0 amide bonds. The van der Waals surface area contributed by atoms with Crippen LogP contribution in [0, 0.1) is 0 Å². The number of hydrogen-bond donors (Lipinski definition) is 1. The number of hydrogen-bond acceptors (Lipinski definition) is 1. The summed E-state index contributed by atoms with van der Waals surface area (Å²) in [5.74, 6) is 0. The molecule has 2 aliphatic rings. The second-order valence-electron chi connectivity index (χ2n) is 10.7. The van der Waals surface area contributed by atoms with E-state index in [0.717, 1.165) is 0 Å². The Morgan fingerprint density at radius 3 is 2.29 bits per heavy atom. The maximum absolute atomic E-state index is 3.96. The molecule has 0 bridgehead atoms. The Hall–Kier alpha value is -3.20. The molecule has 0 aromatic heterocycles. The van der Waals surface area contributed by atoms with E-state index in [1.807, 2.05) is 0 Å². The molecule has 1 atom stereocenters. The van der Waals surface area contributed by atoms with E-state index in [2.05, 4.69) is 162 Å². The van der Waals surface area contributed by atoms with E-state index < -0.39 is 4.90 Å². The van der Waals surface area contributed by atoms with Crippen molar-refractivity contribution in [1.29, 1.82) is 0 Å². The molecule has 1 aliphatic heterocycles. The second kappa shape index (κ2) is 9.22. The molecule has 1 N–H and O–H groups in total. The van der Waals surface area contributed by atoms with Crippen LogP contribution in [0.25, 0.3) is 33.5 Å². The van der Waals surface area contributed by atoms with Crippen LogP contribution >= 0.6 is 26.9 Å². The van der Waals surface area contributed by atoms with Crippen molar-refractivity contribution < 1.29 is 0 Å². The van der Waals surface area contributed by atoms with Crippen LogP contribution in [-0.2, 0) is 0 Å². The summed E-state index contributed by atoms with van der Waals surface area (Å²) in [5.41, 5.74) is 11.6. The van der Waals surface area contributed by atoms with Crippen LogP contribution in [0.15, 0.2) is 121 Å². The van der Waals surface area contributed by atoms with E-state index in [4.69, 9.17) is 0 Å². The molecule has 0 radical (unpaired) electrons. The van der Waals surface area contributed by atoms with Gasteiger partial charge in [0.25, 0.3) is 0 Å². The van der Waals surface area contributed by atoms with E-state index in [1.165, 1.54) is 66.3 Å². The van der Waals surface area contributed by atoms with Crippen molar-refractivity contribution in [3.8, 4) is 11.1 Å². The van der Waals surface area contributed by atoms with Crippen LogP contribution in [0.1, 0.15) is 28.3 Å². The standard InChI is InChI=1S/C35H29INP/c1-38(2,36)28-14-8-12-26(22-28)25-11-7-13-27(21-25)33-31-19-17-23-9-3-5-15-29(23)34(31)37-35-30-16-6-4-10-24(30)18-20-32(33)35/h3-22,34,37-38H,1-2H3. The van der Waals surface area contributed by atoms with Crippen molar-refractivity contribution in [2.75, 3.05) is 18.6 Å². The number of fused-ring (bicyclic) bond motifs is 6. The van der Waals surface area contributed by atoms with Gasteiger partial charge < -0.3 is 0 Å². The molecule has 0 saturated heterocycles. The predicted molar refractivity (Wildman–Crippen MR) is 178 cm³/mol. The van der Waals surface area contributed by atoms with Crippen LogP contribution in [0.4, 0.5) is 5.69 Å².